The van der Waals surface area contributed by atoms with E-state index in [-0.39, 0.29) is 0 Å². The van der Waals surface area contributed by atoms with Gasteiger partial charge in [0.2, 0.25) is 0 Å². The fourth-order valence-corrected chi connectivity index (χ4v) is 1.94. The standard InChI is InChI=1S/C15H11ClN2O/c16-8-11-9-17-15(18-10-11)19-14-6-5-12-3-1-2-4-13(12)7-14/h1-7,9-10H,8H2. The predicted octanol–water partition coefficient (Wildman–Crippen LogP) is 4.16. The molecular weight excluding hydrogens is 260 g/mol. The Morgan fingerprint density at radius 2 is 1.68 bits per heavy atom. The SMILES string of the molecule is ClCc1cnc(Oc2ccc3ccccc3c2)nc1. The third kappa shape index (κ3) is 2.66. The summed E-state index contributed by atoms with van der Waals surface area (Å²) in [5, 5.41) is 2.30. The van der Waals surface area contributed by atoms with E-state index in [4.69, 9.17) is 16.3 Å². The van der Waals surface area contributed by atoms with Crippen LogP contribution in [-0.4, -0.2) is 9.97 Å². The molecule has 3 aromatic rings. The van der Waals surface area contributed by atoms with Crippen molar-refractivity contribution in [1.82, 2.24) is 9.97 Å². The van der Waals surface area contributed by atoms with E-state index in [0.29, 0.717) is 11.9 Å². The summed E-state index contributed by atoms with van der Waals surface area (Å²) in [5.41, 5.74) is 0.868. The van der Waals surface area contributed by atoms with Crippen LogP contribution in [0.3, 0.4) is 0 Å². The van der Waals surface area contributed by atoms with Crippen molar-refractivity contribution in [2.75, 3.05) is 0 Å². The minimum absolute atomic E-state index is 0.323. The first-order valence-electron chi connectivity index (χ1n) is 5.89. The maximum Gasteiger partial charge on any atom is 0.321 e. The second-order valence-corrected chi connectivity index (χ2v) is 4.39. The number of rotatable bonds is 3. The maximum atomic E-state index is 5.68. The summed E-state index contributed by atoms with van der Waals surface area (Å²) >= 11 is 5.68. The Labute approximate surface area is 115 Å². The summed E-state index contributed by atoms with van der Waals surface area (Å²) in [6.07, 6.45) is 3.33. The van der Waals surface area contributed by atoms with E-state index >= 15 is 0 Å². The molecule has 4 heteroatoms. The van der Waals surface area contributed by atoms with Crippen LogP contribution in [0.2, 0.25) is 0 Å². The summed E-state index contributed by atoms with van der Waals surface area (Å²) in [5.74, 6) is 1.12. The molecule has 0 bridgehead atoms. The predicted molar refractivity (Wildman–Crippen MR) is 75.6 cm³/mol. The lowest BCUT2D eigenvalue weighted by Crippen LogP contribution is -1.92. The van der Waals surface area contributed by atoms with Crippen LogP contribution in [0.15, 0.2) is 54.9 Å². The molecule has 3 nitrogen and oxygen atoms in total. The molecule has 0 spiro atoms. The quantitative estimate of drug-likeness (QED) is 0.670. The van der Waals surface area contributed by atoms with Crippen molar-refractivity contribution < 1.29 is 4.74 Å². The van der Waals surface area contributed by atoms with Crippen LogP contribution < -0.4 is 4.74 Å². The fraction of sp³-hybridized carbons (Fsp3) is 0.0667. The van der Waals surface area contributed by atoms with Gasteiger partial charge in [-0.2, -0.15) is 0 Å². The van der Waals surface area contributed by atoms with Crippen molar-refractivity contribution in [3.8, 4) is 11.8 Å². The highest BCUT2D eigenvalue weighted by Crippen LogP contribution is 2.23. The van der Waals surface area contributed by atoms with Gasteiger partial charge in [0.05, 0.1) is 5.88 Å². The Balaban J connectivity index is 1.87. The normalized spacial score (nSPS) is 10.6. The van der Waals surface area contributed by atoms with Crippen LogP contribution in [0.5, 0.6) is 11.8 Å². The molecule has 0 N–H and O–H groups in total. The molecule has 0 fully saturated rings. The average molecular weight is 271 g/mol. The number of halogens is 1. The molecule has 1 aromatic heterocycles. The zero-order valence-corrected chi connectivity index (χ0v) is 10.8. The zero-order chi connectivity index (χ0) is 13.1. The number of fused-ring (bicyclic) bond motifs is 1. The van der Waals surface area contributed by atoms with Gasteiger partial charge < -0.3 is 4.74 Å². The summed E-state index contributed by atoms with van der Waals surface area (Å²) in [4.78, 5) is 8.21. The maximum absolute atomic E-state index is 5.68. The zero-order valence-electron chi connectivity index (χ0n) is 10.1. The molecule has 2 aromatic carbocycles. The molecule has 0 unspecified atom stereocenters. The van der Waals surface area contributed by atoms with Crippen molar-refractivity contribution >= 4 is 22.4 Å². The molecule has 0 aliphatic carbocycles. The number of alkyl halides is 1. The van der Waals surface area contributed by atoms with Gasteiger partial charge in [0, 0.05) is 18.0 Å². The molecule has 19 heavy (non-hydrogen) atoms. The number of hydrogen-bond acceptors (Lipinski definition) is 3. The number of ether oxygens (including phenoxy) is 1. The molecular formula is C15H11ClN2O. The Morgan fingerprint density at radius 1 is 0.947 bits per heavy atom. The molecule has 0 saturated heterocycles. The molecule has 0 saturated carbocycles. The Kier molecular flexibility index (Phi) is 3.29. The van der Waals surface area contributed by atoms with E-state index in [9.17, 15) is 0 Å². The Bertz CT molecular complexity index is 698. The minimum atomic E-state index is 0.323. The third-order valence-electron chi connectivity index (χ3n) is 2.77. The van der Waals surface area contributed by atoms with Gasteiger partial charge in [0.1, 0.15) is 5.75 Å². The number of hydrogen-bond donors (Lipinski definition) is 0. The minimum Gasteiger partial charge on any atom is -0.424 e. The summed E-state index contributed by atoms with van der Waals surface area (Å²) in [7, 11) is 0. The highest BCUT2D eigenvalue weighted by atomic mass is 35.5. The Hall–Kier alpha value is -2.13. The highest BCUT2D eigenvalue weighted by molar-refractivity contribution is 6.17. The molecule has 0 aliphatic rings. The summed E-state index contributed by atoms with van der Waals surface area (Å²) in [6.45, 7) is 0. The number of aromatic nitrogens is 2. The van der Waals surface area contributed by atoms with Gasteiger partial charge in [-0.3, -0.25) is 0 Å². The van der Waals surface area contributed by atoms with Gasteiger partial charge in [0.25, 0.3) is 0 Å². The van der Waals surface area contributed by atoms with Gasteiger partial charge in [-0.25, -0.2) is 9.97 Å². The first-order valence-corrected chi connectivity index (χ1v) is 6.42. The van der Waals surface area contributed by atoms with Crippen LogP contribution in [0.25, 0.3) is 10.8 Å². The van der Waals surface area contributed by atoms with Crippen molar-refractivity contribution in [3.05, 3.63) is 60.4 Å². The van der Waals surface area contributed by atoms with Gasteiger partial charge in [0.15, 0.2) is 0 Å². The van der Waals surface area contributed by atoms with Crippen molar-refractivity contribution in [2.24, 2.45) is 0 Å². The Morgan fingerprint density at radius 3 is 2.42 bits per heavy atom. The van der Waals surface area contributed by atoms with Gasteiger partial charge >= 0.3 is 6.01 Å². The monoisotopic (exact) mass is 270 g/mol. The topological polar surface area (TPSA) is 35.0 Å². The molecule has 0 radical (unpaired) electrons. The average Bonchev–Trinajstić information content (AvgIpc) is 2.48. The van der Waals surface area contributed by atoms with Crippen LogP contribution in [0.4, 0.5) is 0 Å². The van der Waals surface area contributed by atoms with E-state index in [1.54, 1.807) is 12.4 Å². The second-order valence-electron chi connectivity index (χ2n) is 4.12. The highest BCUT2D eigenvalue weighted by Gasteiger charge is 2.02. The molecule has 1 heterocycles. The smallest absolute Gasteiger partial charge is 0.321 e. The van der Waals surface area contributed by atoms with Crippen molar-refractivity contribution in [3.63, 3.8) is 0 Å². The van der Waals surface area contributed by atoms with Crippen LogP contribution in [0.1, 0.15) is 5.56 Å². The van der Waals surface area contributed by atoms with Crippen molar-refractivity contribution in [2.45, 2.75) is 5.88 Å². The van der Waals surface area contributed by atoms with Crippen LogP contribution in [-0.2, 0) is 5.88 Å². The number of benzene rings is 2. The first-order chi connectivity index (χ1) is 9.35. The van der Waals surface area contributed by atoms with E-state index < -0.39 is 0 Å². The van der Waals surface area contributed by atoms with Crippen LogP contribution >= 0.6 is 11.6 Å². The van der Waals surface area contributed by atoms with Crippen LogP contribution in [0, 0.1) is 0 Å². The van der Waals surface area contributed by atoms with E-state index in [0.717, 1.165) is 16.7 Å². The van der Waals surface area contributed by atoms with E-state index in [2.05, 4.69) is 16.0 Å². The lowest BCUT2D eigenvalue weighted by Gasteiger charge is -2.05. The molecule has 3 rings (SSSR count). The van der Waals surface area contributed by atoms with Gasteiger partial charge in [-0.1, -0.05) is 30.3 Å². The first kappa shape index (κ1) is 11.9. The van der Waals surface area contributed by atoms with Crippen molar-refractivity contribution in [1.29, 1.82) is 0 Å². The molecule has 94 valence electrons. The molecule has 0 atom stereocenters. The van der Waals surface area contributed by atoms with Gasteiger partial charge in [-0.15, -0.1) is 11.6 Å². The van der Waals surface area contributed by atoms with E-state index in [1.807, 2.05) is 36.4 Å². The number of nitrogens with zero attached hydrogens (tertiary/aromatic N) is 2. The summed E-state index contributed by atoms with van der Waals surface area (Å²) in [6, 6.07) is 14.3. The van der Waals surface area contributed by atoms with Gasteiger partial charge in [-0.05, 0) is 22.9 Å². The second kappa shape index (κ2) is 5.24. The summed E-state index contributed by atoms with van der Waals surface area (Å²) < 4.78 is 5.62. The molecule has 0 amide bonds. The lowest BCUT2D eigenvalue weighted by molar-refractivity contribution is 0.442. The third-order valence-corrected chi connectivity index (χ3v) is 3.07. The fourth-order valence-electron chi connectivity index (χ4n) is 1.80. The lowest BCUT2D eigenvalue weighted by atomic mass is 10.1. The van der Waals surface area contributed by atoms with E-state index in [1.165, 1.54) is 5.39 Å². The molecule has 0 aliphatic heterocycles. The largest absolute Gasteiger partial charge is 0.424 e.